The van der Waals surface area contributed by atoms with E-state index in [0.717, 1.165) is 35.9 Å². The van der Waals surface area contributed by atoms with Crippen molar-refractivity contribution in [3.05, 3.63) is 76.8 Å². The van der Waals surface area contributed by atoms with Crippen molar-refractivity contribution in [2.75, 3.05) is 19.4 Å². The van der Waals surface area contributed by atoms with Crippen LogP contribution in [0.2, 0.25) is 5.02 Å². The van der Waals surface area contributed by atoms with Gasteiger partial charge in [0.2, 0.25) is 0 Å². The first kappa shape index (κ1) is 30.7. The van der Waals surface area contributed by atoms with E-state index in [2.05, 4.69) is 5.43 Å². The van der Waals surface area contributed by atoms with E-state index in [1.54, 1.807) is 12.1 Å². The fraction of sp³-hybridized carbons (Fsp3) is 0.355. The van der Waals surface area contributed by atoms with Crippen molar-refractivity contribution in [3.63, 3.8) is 0 Å². The molecule has 1 aliphatic heterocycles. The van der Waals surface area contributed by atoms with Crippen LogP contribution in [0.4, 0.5) is 5.69 Å². The molecule has 0 saturated carbocycles. The molecule has 0 aromatic heterocycles. The highest BCUT2D eigenvalue weighted by Gasteiger charge is 2.53. The Morgan fingerprint density at radius 1 is 1.10 bits per heavy atom. The summed E-state index contributed by atoms with van der Waals surface area (Å²) in [7, 11) is 1.09. The SMILES string of the molecule is COC(=O)C(C(C)=O)[C@H](N[N@+]1(CC(C)(C)C)C(=O)CS[C@H](c2cccc3ccccc23)c2cc(Cl)ccc21)C(=O)O. The molecule has 0 aliphatic carbocycles. The lowest BCUT2D eigenvalue weighted by atomic mass is 9.92. The molecule has 0 saturated heterocycles. The fourth-order valence-electron chi connectivity index (χ4n) is 5.55. The molecule has 1 amide bonds. The molecule has 0 radical (unpaired) electrons. The van der Waals surface area contributed by atoms with Crippen LogP contribution in [0.25, 0.3) is 10.8 Å². The zero-order chi connectivity index (χ0) is 30.1. The molecule has 3 aromatic carbocycles. The molecule has 0 bridgehead atoms. The zero-order valence-corrected chi connectivity index (χ0v) is 25.2. The number of methoxy groups -OCH3 is 1. The number of nitrogens with zero attached hydrogens (tertiary/aromatic N) is 1. The van der Waals surface area contributed by atoms with E-state index < -0.39 is 39.7 Å². The number of ketones is 1. The van der Waals surface area contributed by atoms with Crippen LogP contribution in [0.5, 0.6) is 0 Å². The number of nitrogens with one attached hydrogen (secondary N) is 1. The van der Waals surface area contributed by atoms with Crippen molar-refractivity contribution in [1.82, 2.24) is 10.0 Å². The average Bonchev–Trinajstić information content (AvgIpc) is 3.01. The van der Waals surface area contributed by atoms with E-state index in [1.165, 1.54) is 11.8 Å². The number of Topliss-reactive ketones (excluding diaryl/α,β-unsaturated/α-hetero) is 1. The Balaban J connectivity index is 2.00. The number of hydrogen-bond donors (Lipinski definition) is 2. The molecule has 41 heavy (non-hydrogen) atoms. The van der Waals surface area contributed by atoms with E-state index >= 15 is 0 Å². The Morgan fingerprint density at radius 2 is 1.78 bits per heavy atom. The van der Waals surface area contributed by atoms with Gasteiger partial charge in [-0.25, -0.2) is 4.79 Å². The van der Waals surface area contributed by atoms with Gasteiger partial charge in [-0.1, -0.05) is 74.8 Å². The molecule has 1 unspecified atom stereocenters. The first-order valence-electron chi connectivity index (χ1n) is 13.2. The average molecular weight is 598 g/mol. The Labute approximate surface area is 248 Å². The fourth-order valence-corrected chi connectivity index (χ4v) is 7.02. The smallest absolute Gasteiger partial charge is 0.347 e. The molecule has 8 nitrogen and oxygen atoms in total. The lowest BCUT2D eigenvalue weighted by Gasteiger charge is -2.41. The van der Waals surface area contributed by atoms with Crippen molar-refractivity contribution in [2.45, 2.75) is 39.0 Å². The van der Waals surface area contributed by atoms with Crippen LogP contribution in [0.3, 0.4) is 0 Å². The van der Waals surface area contributed by atoms with Gasteiger partial charge in [0.1, 0.15) is 24.0 Å². The summed E-state index contributed by atoms with van der Waals surface area (Å²) in [6.07, 6.45) is 0. The zero-order valence-electron chi connectivity index (χ0n) is 23.6. The standard InChI is InChI=1S/C31H33ClN2O6S/c1-18(35)26(30(39)40-5)27(29(37)38)33-34(17-31(2,3)4)24-14-13-20(32)15-23(24)28(41-16-25(34)36)22-12-8-10-19-9-6-7-11-21(19)22/h6-15,26-28,33H,16-17H2,1-5H3/p+1/t26?,27-,28+,34-/m0/s1. The Hall–Kier alpha value is -3.24. The van der Waals surface area contributed by atoms with Crippen molar-refractivity contribution in [2.24, 2.45) is 11.3 Å². The minimum Gasteiger partial charge on any atom is -0.480 e. The van der Waals surface area contributed by atoms with Gasteiger partial charge in [-0.3, -0.25) is 14.4 Å². The van der Waals surface area contributed by atoms with Crippen LogP contribution in [0.15, 0.2) is 60.7 Å². The molecule has 2 N–H and O–H groups in total. The predicted molar refractivity (Wildman–Crippen MR) is 162 cm³/mol. The van der Waals surface area contributed by atoms with Crippen LogP contribution in [-0.4, -0.2) is 54.2 Å². The summed E-state index contributed by atoms with van der Waals surface area (Å²) in [6.45, 7) is 7.10. The maximum Gasteiger partial charge on any atom is 0.347 e. The van der Waals surface area contributed by atoms with Gasteiger partial charge in [0.15, 0.2) is 11.7 Å². The number of halogens is 1. The number of amides is 1. The van der Waals surface area contributed by atoms with Crippen LogP contribution in [0.1, 0.15) is 44.1 Å². The molecule has 10 heteroatoms. The molecule has 0 fully saturated rings. The van der Waals surface area contributed by atoms with Gasteiger partial charge >= 0.3 is 17.8 Å². The van der Waals surface area contributed by atoms with Gasteiger partial charge < -0.3 is 9.84 Å². The summed E-state index contributed by atoms with van der Waals surface area (Å²) in [6, 6.07) is 17.5. The summed E-state index contributed by atoms with van der Waals surface area (Å²) in [5, 5.41) is 12.5. The van der Waals surface area contributed by atoms with Crippen LogP contribution >= 0.6 is 23.4 Å². The van der Waals surface area contributed by atoms with E-state index in [4.69, 9.17) is 16.3 Å². The summed E-state index contributed by atoms with van der Waals surface area (Å²) in [5.74, 6) is -5.08. The number of rotatable bonds is 8. The number of esters is 1. The Kier molecular flexibility index (Phi) is 8.94. The first-order valence-corrected chi connectivity index (χ1v) is 14.6. The summed E-state index contributed by atoms with van der Waals surface area (Å²) < 4.78 is 4.21. The third-order valence-corrected chi connectivity index (χ3v) is 8.64. The van der Waals surface area contributed by atoms with Gasteiger partial charge in [-0.2, -0.15) is 0 Å². The lowest BCUT2D eigenvalue weighted by molar-refractivity contribution is -0.159. The number of aliphatic carboxylic acids is 1. The largest absolute Gasteiger partial charge is 0.480 e. The maximum atomic E-state index is 14.4. The molecule has 1 heterocycles. The van der Waals surface area contributed by atoms with Crippen molar-refractivity contribution in [1.29, 1.82) is 0 Å². The number of ether oxygens (including phenoxy) is 1. The number of quaternary nitrogens is 1. The number of carboxylic acid groups (broad SMARTS) is 1. The first-order chi connectivity index (χ1) is 19.3. The van der Waals surface area contributed by atoms with Gasteiger partial charge in [0.05, 0.1) is 12.4 Å². The highest BCUT2D eigenvalue weighted by atomic mass is 35.5. The summed E-state index contributed by atoms with van der Waals surface area (Å²) >= 11 is 7.98. The van der Waals surface area contributed by atoms with Gasteiger partial charge in [0, 0.05) is 22.1 Å². The molecule has 216 valence electrons. The third kappa shape index (κ3) is 6.18. The lowest BCUT2D eigenvalue weighted by Crippen LogP contribution is -2.72. The number of thioether (sulfide) groups is 1. The van der Waals surface area contributed by atoms with Crippen LogP contribution in [0, 0.1) is 11.3 Å². The Morgan fingerprint density at radius 3 is 2.41 bits per heavy atom. The predicted octanol–water partition coefficient (Wildman–Crippen LogP) is 5.55. The minimum absolute atomic E-state index is 0.0264. The molecule has 4 atom stereocenters. The second-order valence-corrected chi connectivity index (χ2v) is 13.0. The van der Waals surface area contributed by atoms with Crippen molar-refractivity contribution in [3.8, 4) is 0 Å². The number of carbonyl (C=O) groups is 4. The quantitative estimate of drug-likeness (QED) is 0.198. The van der Waals surface area contributed by atoms with Gasteiger partial charge in [0.25, 0.3) is 0 Å². The normalized spacial score (nSPS) is 20.5. The van der Waals surface area contributed by atoms with Crippen molar-refractivity contribution < 1.29 is 29.0 Å². The van der Waals surface area contributed by atoms with Gasteiger partial charge in [-0.15, -0.1) is 21.8 Å². The van der Waals surface area contributed by atoms with Gasteiger partial charge in [-0.05, 0) is 35.4 Å². The van der Waals surface area contributed by atoms with Crippen LogP contribution in [-0.2, 0) is 23.9 Å². The second kappa shape index (κ2) is 11.9. The minimum atomic E-state index is -1.74. The number of hydrogen-bond acceptors (Lipinski definition) is 7. The summed E-state index contributed by atoms with van der Waals surface area (Å²) in [4.78, 5) is 52.3. The molecule has 0 spiro atoms. The molecule has 4 rings (SSSR count). The van der Waals surface area contributed by atoms with E-state index in [0.29, 0.717) is 10.7 Å². The van der Waals surface area contributed by atoms with E-state index in [9.17, 15) is 24.3 Å². The number of benzene rings is 3. The topological polar surface area (TPSA) is 110 Å². The number of carbonyl (C=O) groups excluding carboxylic acids is 3. The molecule has 3 aromatic rings. The van der Waals surface area contributed by atoms with Crippen molar-refractivity contribution >= 4 is 63.5 Å². The summed E-state index contributed by atoms with van der Waals surface area (Å²) in [5.41, 5.74) is 4.75. The monoisotopic (exact) mass is 597 g/mol. The maximum absolute atomic E-state index is 14.4. The highest BCUT2D eigenvalue weighted by molar-refractivity contribution is 8.00. The Bertz CT molecular complexity index is 1510. The number of carboxylic acids is 1. The molecular formula is C31H34ClN2O6S+. The molecule has 1 aliphatic rings. The second-order valence-electron chi connectivity index (χ2n) is 11.4. The number of fused-ring (bicyclic) bond motifs is 2. The molecular weight excluding hydrogens is 564 g/mol. The van der Waals surface area contributed by atoms with Crippen LogP contribution < -0.4 is 10.0 Å². The van der Waals surface area contributed by atoms with E-state index in [1.807, 2.05) is 69.3 Å². The third-order valence-electron chi connectivity index (χ3n) is 7.15. The highest BCUT2D eigenvalue weighted by Crippen LogP contribution is 2.48. The van der Waals surface area contributed by atoms with E-state index in [-0.39, 0.29) is 23.5 Å².